The summed E-state index contributed by atoms with van der Waals surface area (Å²) in [5.74, 6) is 0.702. The summed E-state index contributed by atoms with van der Waals surface area (Å²) in [7, 11) is 0. The Morgan fingerprint density at radius 2 is 1.96 bits per heavy atom. The van der Waals surface area contributed by atoms with E-state index in [1.54, 1.807) is 12.1 Å². The topological polar surface area (TPSA) is 55.8 Å². The Morgan fingerprint density at radius 1 is 1.21 bits per heavy atom. The zero-order valence-electron chi connectivity index (χ0n) is 14.8. The Balaban J connectivity index is 2.05. The number of esters is 2. The molecule has 1 unspecified atom stereocenters. The van der Waals surface area contributed by atoms with E-state index in [9.17, 15) is 9.59 Å². The zero-order chi connectivity index (χ0) is 17.5. The van der Waals surface area contributed by atoms with Gasteiger partial charge in [0.05, 0.1) is 0 Å². The van der Waals surface area contributed by atoms with E-state index in [0.717, 1.165) is 38.0 Å². The summed E-state index contributed by atoms with van der Waals surface area (Å²) in [6.45, 7) is 8.33. The van der Waals surface area contributed by atoms with Crippen LogP contribution in [0.4, 0.5) is 0 Å². The van der Waals surface area contributed by atoms with Crippen LogP contribution in [0.5, 0.6) is 11.5 Å². The van der Waals surface area contributed by atoms with Gasteiger partial charge in [0.15, 0.2) is 0 Å². The van der Waals surface area contributed by atoms with Crippen molar-refractivity contribution in [2.24, 2.45) is 5.92 Å². The van der Waals surface area contributed by atoms with E-state index >= 15 is 0 Å². The SMILES string of the molecule is CCCCN1CCC(Cc2ccc(OC(C)=O)cc2OC(C)=O)C1. The van der Waals surface area contributed by atoms with Crippen LogP contribution in [0, 0.1) is 5.92 Å². The normalized spacial score (nSPS) is 17.7. The van der Waals surface area contributed by atoms with E-state index in [1.807, 2.05) is 6.07 Å². The van der Waals surface area contributed by atoms with E-state index in [0.29, 0.717) is 17.4 Å². The first-order chi connectivity index (χ1) is 11.5. The summed E-state index contributed by atoms with van der Waals surface area (Å²) in [4.78, 5) is 25.0. The maximum absolute atomic E-state index is 11.4. The third kappa shape index (κ3) is 5.64. The van der Waals surface area contributed by atoms with Crippen LogP contribution >= 0.6 is 0 Å². The van der Waals surface area contributed by atoms with E-state index in [1.165, 1.54) is 26.7 Å². The van der Waals surface area contributed by atoms with Gasteiger partial charge in [-0.1, -0.05) is 19.4 Å². The van der Waals surface area contributed by atoms with Crippen LogP contribution in [-0.4, -0.2) is 36.5 Å². The van der Waals surface area contributed by atoms with Gasteiger partial charge in [0.2, 0.25) is 0 Å². The second-order valence-electron chi connectivity index (χ2n) is 6.47. The van der Waals surface area contributed by atoms with Gasteiger partial charge < -0.3 is 14.4 Å². The minimum absolute atomic E-state index is 0.368. The maximum atomic E-state index is 11.4. The molecule has 0 saturated carbocycles. The quantitative estimate of drug-likeness (QED) is 0.566. The molecule has 1 saturated heterocycles. The number of ether oxygens (including phenoxy) is 2. The number of hydrogen-bond acceptors (Lipinski definition) is 5. The highest BCUT2D eigenvalue weighted by Gasteiger charge is 2.23. The van der Waals surface area contributed by atoms with Crippen molar-refractivity contribution < 1.29 is 19.1 Å². The maximum Gasteiger partial charge on any atom is 0.308 e. The van der Waals surface area contributed by atoms with Crippen LogP contribution < -0.4 is 9.47 Å². The lowest BCUT2D eigenvalue weighted by atomic mass is 9.98. The molecule has 0 radical (unpaired) electrons. The van der Waals surface area contributed by atoms with Crippen LogP contribution in [0.1, 0.15) is 45.6 Å². The molecule has 1 aliphatic heterocycles. The fourth-order valence-corrected chi connectivity index (χ4v) is 3.16. The number of carbonyl (C=O) groups is 2. The Morgan fingerprint density at radius 3 is 2.62 bits per heavy atom. The molecule has 0 N–H and O–H groups in total. The molecule has 0 aliphatic carbocycles. The second-order valence-corrected chi connectivity index (χ2v) is 6.47. The number of rotatable bonds is 7. The highest BCUT2D eigenvalue weighted by molar-refractivity contribution is 5.71. The standard InChI is InChI=1S/C19H27NO4/c1-4-5-9-20-10-8-16(13-20)11-17-6-7-18(23-14(2)21)12-19(17)24-15(3)22/h6-7,12,16H,4-5,8-11,13H2,1-3H3. The van der Waals surface area contributed by atoms with Crippen molar-refractivity contribution in [1.82, 2.24) is 4.90 Å². The highest BCUT2D eigenvalue weighted by atomic mass is 16.5. The average molecular weight is 333 g/mol. The largest absolute Gasteiger partial charge is 0.427 e. The smallest absolute Gasteiger partial charge is 0.308 e. The monoisotopic (exact) mass is 333 g/mol. The summed E-state index contributed by atoms with van der Waals surface area (Å²) in [6.07, 6.45) is 4.48. The van der Waals surface area contributed by atoms with Gasteiger partial charge in [0.25, 0.3) is 0 Å². The molecule has 1 aromatic rings. The summed E-state index contributed by atoms with van der Waals surface area (Å²) >= 11 is 0. The predicted molar refractivity (Wildman–Crippen MR) is 92.2 cm³/mol. The third-order valence-corrected chi connectivity index (χ3v) is 4.26. The molecule has 0 spiro atoms. The van der Waals surface area contributed by atoms with Crippen molar-refractivity contribution in [1.29, 1.82) is 0 Å². The first kappa shape index (κ1) is 18.5. The molecule has 0 aromatic heterocycles. The summed E-state index contributed by atoms with van der Waals surface area (Å²) in [5, 5.41) is 0. The second kappa shape index (κ2) is 8.83. The number of benzene rings is 1. The fourth-order valence-electron chi connectivity index (χ4n) is 3.16. The number of nitrogens with zero attached hydrogens (tertiary/aromatic N) is 1. The summed E-state index contributed by atoms with van der Waals surface area (Å²) in [6, 6.07) is 5.28. The first-order valence-electron chi connectivity index (χ1n) is 8.70. The minimum Gasteiger partial charge on any atom is -0.427 e. The van der Waals surface area contributed by atoms with E-state index in [2.05, 4.69) is 11.8 Å². The molecule has 1 heterocycles. The lowest BCUT2D eigenvalue weighted by Crippen LogP contribution is -2.22. The first-order valence-corrected chi connectivity index (χ1v) is 8.70. The Kier molecular flexibility index (Phi) is 6.79. The van der Waals surface area contributed by atoms with E-state index in [4.69, 9.17) is 9.47 Å². The molecule has 1 fully saturated rings. The zero-order valence-corrected chi connectivity index (χ0v) is 14.8. The molecule has 0 amide bonds. The number of likely N-dealkylation sites (tertiary alicyclic amines) is 1. The average Bonchev–Trinajstić information content (AvgIpc) is 2.94. The van der Waals surface area contributed by atoms with Crippen molar-refractivity contribution in [2.75, 3.05) is 19.6 Å². The van der Waals surface area contributed by atoms with Crippen LogP contribution in [0.3, 0.4) is 0 Å². The molecule has 132 valence electrons. The van der Waals surface area contributed by atoms with Gasteiger partial charge in [-0.15, -0.1) is 0 Å². The van der Waals surface area contributed by atoms with Gasteiger partial charge in [-0.25, -0.2) is 0 Å². The Labute approximate surface area is 143 Å². The van der Waals surface area contributed by atoms with Crippen LogP contribution in [0.2, 0.25) is 0 Å². The van der Waals surface area contributed by atoms with Gasteiger partial charge in [-0.3, -0.25) is 9.59 Å². The molecule has 2 rings (SSSR count). The van der Waals surface area contributed by atoms with Gasteiger partial charge >= 0.3 is 11.9 Å². The lowest BCUT2D eigenvalue weighted by molar-refractivity contribution is -0.132. The van der Waals surface area contributed by atoms with Crippen molar-refractivity contribution in [3.8, 4) is 11.5 Å². The van der Waals surface area contributed by atoms with Crippen LogP contribution in [0.25, 0.3) is 0 Å². The van der Waals surface area contributed by atoms with Crippen LogP contribution in [0.15, 0.2) is 18.2 Å². The van der Waals surface area contributed by atoms with Gasteiger partial charge in [-0.05, 0) is 49.9 Å². The van der Waals surface area contributed by atoms with E-state index < -0.39 is 0 Å². The lowest BCUT2D eigenvalue weighted by Gasteiger charge is -2.17. The summed E-state index contributed by atoms with van der Waals surface area (Å²) < 4.78 is 10.4. The number of hydrogen-bond donors (Lipinski definition) is 0. The van der Waals surface area contributed by atoms with Gasteiger partial charge in [0.1, 0.15) is 11.5 Å². The Bertz CT molecular complexity index is 585. The molecule has 24 heavy (non-hydrogen) atoms. The van der Waals surface area contributed by atoms with Crippen LogP contribution in [-0.2, 0) is 16.0 Å². The molecule has 0 bridgehead atoms. The molecule has 5 heteroatoms. The van der Waals surface area contributed by atoms with Crippen molar-refractivity contribution in [3.05, 3.63) is 23.8 Å². The van der Waals surface area contributed by atoms with Crippen molar-refractivity contribution in [3.63, 3.8) is 0 Å². The Hall–Kier alpha value is -1.88. The predicted octanol–water partition coefficient (Wildman–Crippen LogP) is 3.20. The third-order valence-electron chi connectivity index (χ3n) is 4.26. The number of carbonyl (C=O) groups excluding carboxylic acids is 2. The molecule has 5 nitrogen and oxygen atoms in total. The summed E-state index contributed by atoms with van der Waals surface area (Å²) in [5.41, 5.74) is 0.989. The molecular weight excluding hydrogens is 306 g/mol. The minimum atomic E-state index is -0.390. The van der Waals surface area contributed by atoms with Crippen molar-refractivity contribution >= 4 is 11.9 Å². The molecule has 1 aliphatic rings. The van der Waals surface area contributed by atoms with Gasteiger partial charge in [-0.2, -0.15) is 0 Å². The van der Waals surface area contributed by atoms with Crippen molar-refractivity contribution in [2.45, 2.75) is 46.5 Å². The fraction of sp³-hybridized carbons (Fsp3) is 0.579. The van der Waals surface area contributed by atoms with Gasteiger partial charge in [0, 0.05) is 26.5 Å². The molecular formula is C19H27NO4. The van der Waals surface area contributed by atoms with E-state index in [-0.39, 0.29) is 11.9 Å². The molecule has 1 atom stereocenters. The molecule has 1 aromatic carbocycles. The number of unbranched alkanes of at least 4 members (excludes halogenated alkanes) is 1. The highest BCUT2D eigenvalue weighted by Crippen LogP contribution is 2.30.